The van der Waals surface area contributed by atoms with Gasteiger partial charge in [-0.25, -0.2) is 4.98 Å². The van der Waals surface area contributed by atoms with Gasteiger partial charge in [0.15, 0.2) is 11.4 Å². The fourth-order valence-electron chi connectivity index (χ4n) is 1.31. The number of thiophene rings is 1. The van der Waals surface area contributed by atoms with Gasteiger partial charge in [-0.3, -0.25) is 0 Å². The van der Waals surface area contributed by atoms with Gasteiger partial charge in [0.05, 0.1) is 17.2 Å². The molecule has 0 amide bonds. The second-order valence-electron chi connectivity index (χ2n) is 3.00. The number of nitriles is 2. The molecule has 0 aliphatic carbocycles. The molecule has 2 heterocycles. The SMILES string of the molecule is N#Cc1ncn(Cc2ccc(Cl)s2)c1C#N. The zero-order valence-electron chi connectivity index (χ0n) is 8.01. The van der Waals surface area contributed by atoms with Crippen molar-refractivity contribution in [2.45, 2.75) is 6.54 Å². The molecule has 0 unspecified atom stereocenters. The minimum Gasteiger partial charge on any atom is -0.316 e. The fourth-order valence-corrected chi connectivity index (χ4v) is 2.39. The summed E-state index contributed by atoms with van der Waals surface area (Å²) in [6.07, 6.45) is 1.49. The smallest absolute Gasteiger partial charge is 0.176 e. The number of halogens is 1. The fraction of sp³-hybridized carbons (Fsp3) is 0.100. The van der Waals surface area contributed by atoms with Crippen LogP contribution in [0.1, 0.15) is 16.3 Å². The van der Waals surface area contributed by atoms with Crippen LogP contribution in [0, 0.1) is 22.7 Å². The quantitative estimate of drug-likeness (QED) is 0.820. The van der Waals surface area contributed by atoms with Crippen molar-refractivity contribution < 1.29 is 0 Å². The second-order valence-corrected chi connectivity index (χ2v) is 4.80. The Labute approximate surface area is 101 Å². The number of nitrogens with zero attached hydrogens (tertiary/aromatic N) is 4. The van der Waals surface area contributed by atoms with Crippen LogP contribution in [0.15, 0.2) is 18.5 Å². The van der Waals surface area contributed by atoms with Crippen molar-refractivity contribution >= 4 is 22.9 Å². The Hall–Kier alpha value is -1.82. The van der Waals surface area contributed by atoms with Gasteiger partial charge in [-0.15, -0.1) is 11.3 Å². The van der Waals surface area contributed by atoms with E-state index in [9.17, 15) is 0 Å². The highest BCUT2D eigenvalue weighted by molar-refractivity contribution is 7.16. The first-order chi connectivity index (χ1) is 7.74. The van der Waals surface area contributed by atoms with E-state index in [0.717, 1.165) is 4.88 Å². The molecule has 0 N–H and O–H groups in total. The van der Waals surface area contributed by atoms with Gasteiger partial charge in [0.25, 0.3) is 0 Å². The predicted octanol–water partition coefficient (Wildman–Crippen LogP) is 2.39. The third kappa shape index (κ3) is 1.92. The van der Waals surface area contributed by atoms with Crippen molar-refractivity contribution in [1.82, 2.24) is 9.55 Å². The first-order valence-electron chi connectivity index (χ1n) is 4.34. The lowest BCUT2D eigenvalue weighted by Gasteiger charge is -1.99. The van der Waals surface area contributed by atoms with E-state index in [2.05, 4.69) is 4.98 Å². The Balaban J connectivity index is 2.33. The Kier molecular flexibility index (Phi) is 2.91. The Morgan fingerprint density at radius 3 is 2.75 bits per heavy atom. The van der Waals surface area contributed by atoms with Crippen molar-refractivity contribution in [2.75, 3.05) is 0 Å². The highest BCUT2D eigenvalue weighted by Crippen LogP contribution is 2.22. The van der Waals surface area contributed by atoms with Crippen molar-refractivity contribution in [3.05, 3.63) is 39.1 Å². The maximum atomic E-state index is 8.92. The van der Waals surface area contributed by atoms with Gasteiger partial charge >= 0.3 is 0 Å². The van der Waals surface area contributed by atoms with Gasteiger partial charge in [-0.2, -0.15) is 10.5 Å². The average molecular weight is 249 g/mol. The number of hydrogen-bond acceptors (Lipinski definition) is 4. The molecule has 2 aromatic rings. The Morgan fingerprint density at radius 2 is 2.19 bits per heavy atom. The largest absolute Gasteiger partial charge is 0.316 e. The summed E-state index contributed by atoms with van der Waals surface area (Å²) in [6.45, 7) is 0.509. The molecule has 78 valence electrons. The summed E-state index contributed by atoms with van der Waals surface area (Å²) in [5.41, 5.74) is 0.442. The normalized spacial score (nSPS) is 9.69. The lowest BCUT2D eigenvalue weighted by molar-refractivity contribution is 0.797. The molecule has 6 heteroatoms. The van der Waals surface area contributed by atoms with Crippen LogP contribution < -0.4 is 0 Å². The van der Waals surface area contributed by atoms with Crippen LogP contribution in [0.3, 0.4) is 0 Å². The molecule has 0 fully saturated rings. The molecule has 2 aromatic heterocycles. The van der Waals surface area contributed by atoms with E-state index in [4.69, 9.17) is 22.1 Å². The molecule has 0 saturated heterocycles. The van der Waals surface area contributed by atoms with Gasteiger partial charge in [0, 0.05) is 4.88 Å². The molecule has 0 radical (unpaired) electrons. The Morgan fingerprint density at radius 1 is 1.38 bits per heavy atom. The van der Waals surface area contributed by atoms with Crippen LogP contribution in [0.25, 0.3) is 0 Å². The third-order valence-electron chi connectivity index (χ3n) is 2.00. The number of aromatic nitrogens is 2. The van der Waals surface area contributed by atoms with Crippen molar-refractivity contribution in [2.24, 2.45) is 0 Å². The molecule has 0 aliphatic rings. The van der Waals surface area contributed by atoms with Gasteiger partial charge in [-0.1, -0.05) is 11.6 Å². The molecule has 0 bridgehead atoms. The summed E-state index contributed by atoms with van der Waals surface area (Å²) in [7, 11) is 0. The topological polar surface area (TPSA) is 65.4 Å². The van der Waals surface area contributed by atoms with Crippen LogP contribution in [0.5, 0.6) is 0 Å². The van der Waals surface area contributed by atoms with E-state index >= 15 is 0 Å². The maximum Gasteiger partial charge on any atom is 0.176 e. The van der Waals surface area contributed by atoms with Gasteiger partial charge in [-0.05, 0) is 12.1 Å². The number of imidazole rings is 1. The summed E-state index contributed by atoms with van der Waals surface area (Å²) in [6, 6.07) is 7.54. The number of rotatable bonds is 2. The van der Waals surface area contributed by atoms with Crippen LogP contribution in [-0.2, 0) is 6.54 Å². The van der Waals surface area contributed by atoms with E-state index in [-0.39, 0.29) is 11.4 Å². The van der Waals surface area contributed by atoms with Gasteiger partial charge in [0.2, 0.25) is 0 Å². The zero-order valence-corrected chi connectivity index (χ0v) is 9.59. The zero-order chi connectivity index (χ0) is 11.5. The van der Waals surface area contributed by atoms with Crippen LogP contribution in [-0.4, -0.2) is 9.55 Å². The summed E-state index contributed by atoms with van der Waals surface area (Å²) in [4.78, 5) is 4.88. The highest BCUT2D eigenvalue weighted by atomic mass is 35.5. The molecular weight excluding hydrogens is 244 g/mol. The minimum atomic E-state index is 0.158. The molecule has 0 saturated carbocycles. The predicted molar refractivity (Wildman–Crippen MR) is 60.1 cm³/mol. The molecule has 2 rings (SSSR count). The molecule has 0 atom stereocenters. The number of hydrogen-bond donors (Lipinski definition) is 0. The molecule has 0 spiro atoms. The lowest BCUT2D eigenvalue weighted by Crippen LogP contribution is -1.99. The molecular formula is C10H5ClN4S. The van der Waals surface area contributed by atoms with Crippen molar-refractivity contribution in [1.29, 1.82) is 10.5 Å². The van der Waals surface area contributed by atoms with Crippen molar-refractivity contribution in [3.63, 3.8) is 0 Å². The molecule has 4 nitrogen and oxygen atoms in total. The lowest BCUT2D eigenvalue weighted by atomic mass is 10.3. The standard InChI is InChI=1S/C10H5ClN4S/c11-10-2-1-7(16-10)5-15-6-14-8(3-12)9(15)4-13/h1-2,6H,5H2. The van der Waals surface area contributed by atoms with E-state index in [1.165, 1.54) is 17.7 Å². The first kappa shape index (κ1) is 10.7. The summed E-state index contributed by atoms with van der Waals surface area (Å²) < 4.78 is 2.34. The summed E-state index contributed by atoms with van der Waals surface area (Å²) >= 11 is 7.25. The molecule has 16 heavy (non-hydrogen) atoms. The van der Waals surface area contributed by atoms with Crippen molar-refractivity contribution in [3.8, 4) is 12.1 Å². The van der Waals surface area contributed by atoms with Crippen LogP contribution >= 0.6 is 22.9 Å². The van der Waals surface area contributed by atoms with Crippen LogP contribution in [0.4, 0.5) is 0 Å². The van der Waals surface area contributed by atoms with Crippen LogP contribution in [0.2, 0.25) is 4.34 Å². The Bertz CT molecular complexity index is 599. The highest BCUT2D eigenvalue weighted by Gasteiger charge is 2.10. The summed E-state index contributed by atoms with van der Waals surface area (Å²) in [5, 5.41) is 17.7. The van der Waals surface area contributed by atoms with Gasteiger partial charge < -0.3 is 4.57 Å². The van der Waals surface area contributed by atoms with Gasteiger partial charge in [0.1, 0.15) is 12.1 Å². The maximum absolute atomic E-state index is 8.92. The monoisotopic (exact) mass is 248 g/mol. The summed E-state index contributed by atoms with van der Waals surface area (Å²) in [5.74, 6) is 0. The second kappa shape index (κ2) is 4.36. The average Bonchev–Trinajstić information content (AvgIpc) is 2.85. The molecule has 0 aromatic carbocycles. The van der Waals surface area contributed by atoms with E-state index in [0.29, 0.717) is 10.9 Å². The van der Waals surface area contributed by atoms with E-state index in [1.807, 2.05) is 18.2 Å². The van der Waals surface area contributed by atoms with E-state index in [1.54, 1.807) is 10.6 Å². The first-order valence-corrected chi connectivity index (χ1v) is 5.53. The minimum absolute atomic E-state index is 0.158. The molecule has 0 aliphatic heterocycles. The third-order valence-corrected chi connectivity index (χ3v) is 3.22. The van der Waals surface area contributed by atoms with E-state index < -0.39 is 0 Å².